The second-order valence-electron chi connectivity index (χ2n) is 5.70. The van der Waals surface area contributed by atoms with Crippen molar-refractivity contribution in [2.24, 2.45) is 0 Å². The molecule has 1 fully saturated rings. The lowest BCUT2D eigenvalue weighted by atomic mass is 10.2. The van der Waals surface area contributed by atoms with Gasteiger partial charge in [0.15, 0.2) is 0 Å². The van der Waals surface area contributed by atoms with Gasteiger partial charge in [0.2, 0.25) is 5.28 Å². The number of benzene rings is 1. The topological polar surface area (TPSA) is 66.3 Å². The number of anilines is 1. The first-order valence-electron chi connectivity index (χ1n) is 7.65. The van der Waals surface area contributed by atoms with E-state index in [1.165, 1.54) is 11.3 Å². The number of hydrogen-bond acceptors (Lipinski definition) is 5. The molecule has 0 spiro atoms. The minimum atomic E-state index is -0.825. The van der Waals surface area contributed by atoms with E-state index in [-0.39, 0.29) is 5.28 Å². The van der Waals surface area contributed by atoms with Crippen molar-refractivity contribution in [3.8, 4) is 10.4 Å². The maximum Gasteiger partial charge on any atom is 0.326 e. The summed E-state index contributed by atoms with van der Waals surface area (Å²) in [5, 5.41) is 10.5. The van der Waals surface area contributed by atoms with Crippen LogP contribution < -0.4 is 4.90 Å². The summed E-state index contributed by atoms with van der Waals surface area (Å²) in [5.74, 6) is -0.206. The van der Waals surface area contributed by atoms with Crippen molar-refractivity contribution in [1.29, 1.82) is 0 Å². The number of nitrogens with zero attached hydrogens (tertiary/aromatic N) is 3. The van der Waals surface area contributed by atoms with Crippen LogP contribution in [0.3, 0.4) is 0 Å². The van der Waals surface area contributed by atoms with Gasteiger partial charge in [-0.25, -0.2) is 9.78 Å². The van der Waals surface area contributed by atoms with Gasteiger partial charge in [-0.1, -0.05) is 30.3 Å². The molecule has 122 valence electrons. The molecule has 1 aromatic carbocycles. The monoisotopic (exact) mass is 359 g/mol. The summed E-state index contributed by atoms with van der Waals surface area (Å²) in [6, 6.07) is 11.5. The smallest absolute Gasteiger partial charge is 0.326 e. The highest BCUT2D eigenvalue weighted by molar-refractivity contribution is 7.22. The van der Waals surface area contributed by atoms with Gasteiger partial charge in [-0.15, -0.1) is 11.3 Å². The molecule has 1 atom stereocenters. The molecule has 2 aromatic heterocycles. The van der Waals surface area contributed by atoms with Gasteiger partial charge in [-0.3, -0.25) is 0 Å². The first kappa shape index (κ1) is 15.4. The third-order valence-corrected chi connectivity index (χ3v) is 5.46. The molecule has 1 saturated heterocycles. The molecule has 7 heteroatoms. The van der Waals surface area contributed by atoms with Gasteiger partial charge in [0.1, 0.15) is 16.7 Å². The summed E-state index contributed by atoms with van der Waals surface area (Å²) in [5.41, 5.74) is 1.10. The standard InChI is InChI=1S/C17H14ClN3O2S/c18-17-19-14(21-8-4-7-12(21)16(22)23)11-9-13(24-15(11)20-17)10-5-2-1-3-6-10/h1-3,5-6,9,12H,4,7-8H2,(H,22,23). The number of aromatic nitrogens is 2. The fourth-order valence-corrected chi connectivity index (χ4v) is 4.37. The van der Waals surface area contributed by atoms with Crippen LogP contribution in [0.4, 0.5) is 5.82 Å². The van der Waals surface area contributed by atoms with Crippen molar-refractivity contribution < 1.29 is 9.90 Å². The molecule has 4 rings (SSSR count). The van der Waals surface area contributed by atoms with E-state index in [9.17, 15) is 9.90 Å². The molecule has 0 amide bonds. The van der Waals surface area contributed by atoms with E-state index in [1.807, 2.05) is 41.3 Å². The summed E-state index contributed by atoms with van der Waals surface area (Å²) in [6.07, 6.45) is 1.45. The van der Waals surface area contributed by atoms with E-state index in [0.717, 1.165) is 27.1 Å². The van der Waals surface area contributed by atoms with E-state index in [0.29, 0.717) is 18.8 Å². The highest BCUT2D eigenvalue weighted by Gasteiger charge is 2.33. The zero-order chi connectivity index (χ0) is 16.7. The Kier molecular flexibility index (Phi) is 3.86. The summed E-state index contributed by atoms with van der Waals surface area (Å²) in [7, 11) is 0. The Bertz CT molecular complexity index is 913. The third kappa shape index (κ3) is 2.61. The largest absolute Gasteiger partial charge is 0.480 e. The van der Waals surface area contributed by atoms with Gasteiger partial charge in [-0.2, -0.15) is 4.98 Å². The first-order valence-corrected chi connectivity index (χ1v) is 8.85. The van der Waals surface area contributed by atoms with Crippen LogP contribution in [0, 0.1) is 0 Å². The van der Waals surface area contributed by atoms with E-state index in [1.54, 1.807) is 0 Å². The number of rotatable bonds is 3. The molecule has 0 saturated carbocycles. The van der Waals surface area contributed by atoms with E-state index < -0.39 is 12.0 Å². The first-order chi connectivity index (χ1) is 11.6. The van der Waals surface area contributed by atoms with Crippen molar-refractivity contribution in [2.45, 2.75) is 18.9 Å². The lowest BCUT2D eigenvalue weighted by Crippen LogP contribution is -2.36. The van der Waals surface area contributed by atoms with Crippen molar-refractivity contribution in [3.63, 3.8) is 0 Å². The fourth-order valence-electron chi connectivity index (χ4n) is 3.12. The van der Waals surface area contributed by atoms with E-state index >= 15 is 0 Å². The Balaban J connectivity index is 1.86. The molecule has 1 unspecified atom stereocenters. The van der Waals surface area contributed by atoms with Crippen molar-refractivity contribution >= 4 is 44.9 Å². The summed E-state index contributed by atoms with van der Waals surface area (Å²) in [4.78, 5) is 23.9. The predicted molar refractivity (Wildman–Crippen MR) is 95.9 cm³/mol. The SMILES string of the molecule is O=C(O)C1CCCN1c1nc(Cl)nc2sc(-c3ccccc3)cc12. The molecule has 1 N–H and O–H groups in total. The highest BCUT2D eigenvalue weighted by Crippen LogP contribution is 2.38. The van der Waals surface area contributed by atoms with Gasteiger partial charge < -0.3 is 10.0 Å². The van der Waals surface area contributed by atoms with Gasteiger partial charge in [0.05, 0.1) is 5.39 Å². The molecule has 5 nitrogen and oxygen atoms in total. The number of thiophene rings is 1. The molecular formula is C17H14ClN3O2S. The Labute approximate surface area is 147 Å². The van der Waals surface area contributed by atoms with Crippen LogP contribution in [0.15, 0.2) is 36.4 Å². The van der Waals surface area contributed by atoms with Gasteiger partial charge >= 0.3 is 5.97 Å². The summed E-state index contributed by atoms with van der Waals surface area (Å²) < 4.78 is 0. The number of aliphatic carboxylic acids is 1. The molecule has 3 aromatic rings. The van der Waals surface area contributed by atoms with Crippen molar-refractivity contribution in [1.82, 2.24) is 9.97 Å². The number of hydrogen-bond donors (Lipinski definition) is 1. The Morgan fingerprint density at radius 1 is 1.29 bits per heavy atom. The average molecular weight is 360 g/mol. The van der Waals surface area contributed by atoms with Crippen LogP contribution in [-0.4, -0.2) is 33.6 Å². The van der Waals surface area contributed by atoms with Crippen LogP contribution in [-0.2, 0) is 4.79 Å². The zero-order valence-electron chi connectivity index (χ0n) is 12.6. The van der Waals surface area contributed by atoms with Crippen LogP contribution in [0.2, 0.25) is 5.28 Å². The molecule has 1 aliphatic rings. The van der Waals surface area contributed by atoms with Gasteiger partial charge in [0.25, 0.3) is 0 Å². The summed E-state index contributed by atoms with van der Waals surface area (Å²) in [6.45, 7) is 0.663. The van der Waals surface area contributed by atoms with E-state index in [4.69, 9.17) is 11.6 Å². The number of fused-ring (bicyclic) bond motifs is 1. The van der Waals surface area contributed by atoms with Gasteiger partial charge in [-0.05, 0) is 36.1 Å². The molecule has 0 radical (unpaired) electrons. The normalized spacial score (nSPS) is 17.5. The molecule has 3 heterocycles. The van der Waals surface area contributed by atoms with Crippen molar-refractivity contribution in [2.75, 3.05) is 11.4 Å². The van der Waals surface area contributed by atoms with Crippen molar-refractivity contribution in [3.05, 3.63) is 41.7 Å². The number of carbonyl (C=O) groups is 1. The maximum absolute atomic E-state index is 11.5. The predicted octanol–water partition coefficient (Wildman–Crippen LogP) is 4.07. The highest BCUT2D eigenvalue weighted by atomic mass is 35.5. The maximum atomic E-state index is 11.5. The second-order valence-corrected chi connectivity index (χ2v) is 7.07. The minimum absolute atomic E-state index is 0.148. The lowest BCUT2D eigenvalue weighted by Gasteiger charge is -2.23. The zero-order valence-corrected chi connectivity index (χ0v) is 14.2. The summed E-state index contributed by atoms with van der Waals surface area (Å²) >= 11 is 7.63. The third-order valence-electron chi connectivity index (χ3n) is 4.21. The van der Waals surface area contributed by atoms with Crippen LogP contribution in [0.5, 0.6) is 0 Å². The molecule has 24 heavy (non-hydrogen) atoms. The Morgan fingerprint density at radius 2 is 2.08 bits per heavy atom. The Hall–Kier alpha value is -2.18. The van der Waals surface area contributed by atoms with Gasteiger partial charge in [0, 0.05) is 11.4 Å². The Morgan fingerprint density at radius 3 is 2.83 bits per heavy atom. The van der Waals surface area contributed by atoms with Crippen LogP contribution >= 0.6 is 22.9 Å². The fraction of sp³-hybridized carbons (Fsp3) is 0.235. The number of halogens is 1. The van der Waals surface area contributed by atoms with E-state index in [2.05, 4.69) is 9.97 Å². The molecule has 0 bridgehead atoms. The lowest BCUT2D eigenvalue weighted by molar-refractivity contribution is -0.138. The number of carboxylic acids is 1. The minimum Gasteiger partial charge on any atom is -0.480 e. The average Bonchev–Trinajstić information content (AvgIpc) is 3.21. The van der Waals surface area contributed by atoms with Crippen LogP contribution in [0.25, 0.3) is 20.7 Å². The molecule has 0 aliphatic carbocycles. The number of carboxylic acid groups (broad SMARTS) is 1. The van der Waals surface area contributed by atoms with Crippen LogP contribution in [0.1, 0.15) is 12.8 Å². The molecular weight excluding hydrogens is 346 g/mol. The molecule has 1 aliphatic heterocycles. The second kappa shape index (κ2) is 6.03. The quantitative estimate of drug-likeness (QED) is 0.714.